The average Bonchev–Trinajstić information content (AvgIpc) is 2.91. The molecule has 0 radical (unpaired) electrons. The molecule has 0 saturated heterocycles. The van der Waals surface area contributed by atoms with Crippen LogP contribution in [0.1, 0.15) is 51.5 Å². The van der Waals surface area contributed by atoms with E-state index in [9.17, 15) is 9.59 Å². The first-order valence-corrected chi connectivity index (χ1v) is 8.11. The summed E-state index contributed by atoms with van der Waals surface area (Å²) in [5.74, 6) is -0.185. The minimum atomic E-state index is -0.398. The maximum atomic E-state index is 12.3. The number of carbonyl (C=O) groups is 2. The maximum Gasteiger partial charge on any atom is 0.247 e. The van der Waals surface area contributed by atoms with Gasteiger partial charge in [0.1, 0.15) is 6.04 Å². The number of amides is 2. The van der Waals surface area contributed by atoms with Gasteiger partial charge in [-0.25, -0.2) is 0 Å². The minimum absolute atomic E-state index is 0.0737. The zero-order valence-electron chi connectivity index (χ0n) is 13.5. The molecule has 1 aliphatic rings. The van der Waals surface area contributed by atoms with Crippen molar-refractivity contribution in [2.24, 2.45) is 0 Å². The first-order chi connectivity index (χ1) is 10.6. The lowest BCUT2D eigenvalue weighted by Gasteiger charge is -2.23. The lowest BCUT2D eigenvalue weighted by Crippen LogP contribution is -2.44. The second-order valence-electron chi connectivity index (χ2n) is 6.11. The van der Waals surface area contributed by atoms with E-state index in [1.807, 2.05) is 0 Å². The molecule has 6 nitrogen and oxygen atoms in total. The Labute approximate surface area is 131 Å². The number of hydrogen-bond donors (Lipinski definition) is 1. The third-order valence-corrected chi connectivity index (χ3v) is 4.26. The van der Waals surface area contributed by atoms with Crippen molar-refractivity contribution < 1.29 is 9.59 Å². The maximum absolute atomic E-state index is 12.3. The number of carbonyl (C=O) groups excluding carboxylic acids is 2. The SMILES string of the molecule is CC(C(=O)N(C)CC(=O)NC1CCCCCC1)n1cccn1. The molecular formula is C16H26N4O2. The van der Waals surface area contributed by atoms with Crippen LogP contribution in [-0.2, 0) is 9.59 Å². The first kappa shape index (κ1) is 16.5. The molecule has 122 valence electrons. The summed E-state index contributed by atoms with van der Waals surface area (Å²) >= 11 is 0. The zero-order valence-corrected chi connectivity index (χ0v) is 13.5. The fraction of sp³-hybridized carbons (Fsp3) is 0.688. The van der Waals surface area contributed by atoms with E-state index in [1.54, 1.807) is 37.1 Å². The molecule has 1 saturated carbocycles. The molecular weight excluding hydrogens is 280 g/mol. The van der Waals surface area contributed by atoms with Crippen LogP contribution in [0, 0.1) is 0 Å². The molecule has 1 heterocycles. The van der Waals surface area contributed by atoms with Crippen LogP contribution in [0.25, 0.3) is 0 Å². The van der Waals surface area contributed by atoms with E-state index in [4.69, 9.17) is 0 Å². The highest BCUT2D eigenvalue weighted by Gasteiger charge is 2.22. The average molecular weight is 306 g/mol. The van der Waals surface area contributed by atoms with Crippen molar-refractivity contribution in [1.29, 1.82) is 0 Å². The molecule has 1 atom stereocenters. The van der Waals surface area contributed by atoms with Gasteiger partial charge in [-0.15, -0.1) is 0 Å². The highest BCUT2D eigenvalue weighted by molar-refractivity contribution is 5.86. The Morgan fingerprint density at radius 1 is 1.32 bits per heavy atom. The molecule has 1 aromatic heterocycles. The number of likely N-dealkylation sites (N-methyl/N-ethyl adjacent to an activating group) is 1. The van der Waals surface area contributed by atoms with Crippen molar-refractivity contribution in [3.63, 3.8) is 0 Å². The van der Waals surface area contributed by atoms with Gasteiger partial charge < -0.3 is 10.2 Å². The van der Waals surface area contributed by atoms with Crippen molar-refractivity contribution in [3.8, 4) is 0 Å². The van der Waals surface area contributed by atoms with E-state index in [1.165, 1.54) is 30.6 Å². The van der Waals surface area contributed by atoms with E-state index in [-0.39, 0.29) is 24.4 Å². The van der Waals surface area contributed by atoms with Crippen molar-refractivity contribution in [3.05, 3.63) is 18.5 Å². The normalized spacial score (nSPS) is 17.5. The third kappa shape index (κ3) is 4.58. The summed E-state index contributed by atoms with van der Waals surface area (Å²) in [5, 5.41) is 7.13. The number of rotatable bonds is 5. The Kier molecular flexibility index (Phi) is 5.98. The van der Waals surface area contributed by atoms with Crippen LogP contribution in [0.4, 0.5) is 0 Å². The Morgan fingerprint density at radius 2 is 2.00 bits per heavy atom. The molecule has 0 bridgehead atoms. The highest BCUT2D eigenvalue weighted by Crippen LogP contribution is 2.17. The Bertz CT molecular complexity index is 478. The van der Waals surface area contributed by atoms with Gasteiger partial charge in [0.25, 0.3) is 0 Å². The van der Waals surface area contributed by atoms with Crippen molar-refractivity contribution in [1.82, 2.24) is 20.0 Å². The van der Waals surface area contributed by atoms with Gasteiger partial charge in [-0.05, 0) is 25.8 Å². The standard InChI is InChI=1S/C16H26N4O2/c1-13(20-11-7-10-17-20)16(22)19(2)12-15(21)18-14-8-5-3-4-6-9-14/h7,10-11,13-14H,3-6,8-9,12H2,1-2H3,(H,18,21). The quantitative estimate of drug-likeness (QED) is 0.843. The largest absolute Gasteiger partial charge is 0.352 e. The minimum Gasteiger partial charge on any atom is -0.352 e. The van der Waals surface area contributed by atoms with Crippen LogP contribution >= 0.6 is 0 Å². The molecule has 0 aliphatic heterocycles. The summed E-state index contributed by atoms with van der Waals surface area (Å²) in [6, 6.07) is 1.65. The van der Waals surface area contributed by atoms with Gasteiger partial charge in [0.05, 0.1) is 6.54 Å². The van der Waals surface area contributed by atoms with Gasteiger partial charge >= 0.3 is 0 Å². The van der Waals surface area contributed by atoms with Crippen LogP contribution < -0.4 is 5.32 Å². The summed E-state index contributed by atoms with van der Waals surface area (Å²) in [7, 11) is 1.66. The van der Waals surface area contributed by atoms with E-state index >= 15 is 0 Å². The van der Waals surface area contributed by atoms with Gasteiger partial charge in [-0.1, -0.05) is 25.7 Å². The van der Waals surface area contributed by atoms with Crippen molar-refractivity contribution in [2.45, 2.75) is 57.5 Å². The number of aromatic nitrogens is 2. The topological polar surface area (TPSA) is 67.2 Å². The lowest BCUT2D eigenvalue weighted by molar-refractivity contribution is -0.137. The zero-order chi connectivity index (χ0) is 15.9. The fourth-order valence-corrected chi connectivity index (χ4v) is 2.93. The Morgan fingerprint density at radius 3 is 2.59 bits per heavy atom. The Balaban J connectivity index is 1.81. The number of hydrogen-bond acceptors (Lipinski definition) is 3. The predicted molar refractivity (Wildman–Crippen MR) is 84.2 cm³/mol. The second kappa shape index (κ2) is 7.96. The molecule has 2 amide bonds. The molecule has 6 heteroatoms. The number of nitrogens with zero attached hydrogens (tertiary/aromatic N) is 3. The van der Waals surface area contributed by atoms with Crippen LogP contribution in [0.5, 0.6) is 0 Å². The number of nitrogens with one attached hydrogen (secondary N) is 1. The smallest absolute Gasteiger partial charge is 0.247 e. The summed E-state index contributed by atoms with van der Waals surface area (Å²) in [5.41, 5.74) is 0. The van der Waals surface area contributed by atoms with Crippen LogP contribution in [0.15, 0.2) is 18.5 Å². The second-order valence-corrected chi connectivity index (χ2v) is 6.11. The van der Waals surface area contributed by atoms with Crippen LogP contribution in [0.2, 0.25) is 0 Å². The van der Waals surface area contributed by atoms with Gasteiger partial charge in [0.15, 0.2) is 0 Å². The molecule has 1 aromatic rings. The summed E-state index contributed by atoms with van der Waals surface area (Å²) in [6.07, 6.45) is 10.4. The van der Waals surface area contributed by atoms with Crippen LogP contribution in [0.3, 0.4) is 0 Å². The molecule has 1 aliphatic carbocycles. The Hall–Kier alpha value is -1.85. The monoisotopic (exact) mass is 306 g/mol. The van der Waals surface area contributed by atoms with E-state index in [2.05, 4.69) is 10.4 Å². The van der Waals surface area contributed by atoms with Gasteiger partial charge in [-0.3, -0.25) is 14.3 Å². The third-order valence-electron chi connectivity index (χ3n) is 4.26. The van der Waals surface area contributed by atoms with Crippen LogP contribution in [-0.4, -0.2) is 46.1 Å². The van der Waals surface area contributed by atoms with Crippen molar-refractivity contribution in [2.75, 3.05) is 13.6 Å². The molecule has 0 aromatic carbocycles. The lowest BCUT2D eigenvalue weighted by atomic mass is 10.1. The molecule has 2 rings (SSSR count). The molecule has 1 N–H and O–H groups in total. The van der Waals surface area contributed by atoms with E-state index < -0.39 is 6.04 Å². The molecule has 1 fully saturated rings. The van der Waals surface area contributed by atoms with E-state index in [0.29, 0.717) is 0 Å². The molecule has 0 spiro atoms. The fourth-order valence-electron chi connectivity index (χ4n) is 2.93. The molecule has 22 heavy (non-hydrogen) atoms. The van der Waals surface area contributed by atoms with Gasteiger partial charge in [0.2, 0.25) is 11.8 Å². The van der Waals surface area contributed by atoms with Gasteiger partial charge in [0, 0.05) is 25.5 Å². The first-order valence-electron chi connectivity index (χ1n) is 8.11. The molecule has 1 unspecified atom stereocenters. The summed E-state index contributed by atoms with van der Waals surface area (Å²) < 4.78 is 1.60. The predicted octanol–water partition coefficient (Wildman–Crippen LogP) is 1.74. The van der Waals surface area contributed by atoms with E-state index in [0.717, 1.165) is 12.8 Å². The van der Waals surface area contributed by atoms with Crippen molar-refractivity contribution >= 4 is 11.8 Å². The summed E-state index contributed by atoms with van der Waals surface area (Å²) in [4.78, 5) is 25.9. The summed E-state index contributed by atoms with van der Waals surface area (Å²) in [6.45, 7) is 1.88. The van der Waals surface area contributed by atoms with Gasteiger partial charge in [-0.2, -0.15) is 5.10 Å². The highest BCUT2D eigenvalue weighted by atomic mass is 16.2.